The van der Waals surface area contributed by atoms with Crippen LogP contribution in [-0.2, 0) is 14.3 Å². The van der Waals surface area contributed by atoms with Crippen LogP contribution in [0.25, 0.3) is 0 Å². The molecule has 0 aromatic rings. The maximum Gasteiger partial charge on any atom is 0.253 e. The lowest BCUT2D eigenvalue weighted by Gasteiger charge is -2.14. The maximum absolute atomic E-state index is 11.2. The lowest BCUT2D eigenvalue weighted by molar-refractivity contribution is -0.136. The summed E-state index contributed by atoms with van der Waals surface area (Å²) in [4.78, 5) is 23.6. The van der Waals surface area contributed by atoms with Crippen LogP contribution < -0.4 is 0 Å². The van der Waals surface area contributed by atoms with E-state index in [0.717, 1.165) is 0 Å². The van der Waals surface area contributed by atoms with E-state index in [0.29, 0.717) is 13.0 Å². The molecule has 4 nitrogen and oxygen atoms in total. The van der Waals surface area contributed by atoms with E-state index in [9.17, 15) is 9.59 Å². The van der Waals surface area contributed by atoms with E-state index in [1.54, 1.807) is 0 Å². The Hall–Kier alpha value is -1.16. The second-order valence-corrected chi connectivity index (χ2v) is 3.98. The van der Waals surface area contributed by atoms with Gasteiger partial charge in [0.1, 0.15) is 0 Å². The van der Waals surface area contributed by atoms with Crippen molar-refractivity contribution in [2.24, 2.45) is 0 Å². The molecule has 0 spiro atoms. The molecule has 0 radical (unpaired) electrons. The summed E-state index contributed by atoms with van der Waals surface area (Å²) in [5.74, 6) is -0.432. The van der Waals surface area contributed by atoms with Crippen LogP contribution >= 0.6 is 0 Å². The summed E-state index contributed by atoms with van der Waals surface area (Å²) in [6.45, 7) is 4.44. The van der Waals surface area contributed by atoms with Crippen LogP contribution in [0, 0.1) is 0 Å². The van der Waals surface area contributed by atoms with Crippen LogP contribution in [0.4, 0.5) is 0 Å². The van der Waals surface area contributed by atoms with Crippen molar-refractivity contribution in [2.45, 2.75) is 32.0 Å². The third-order valence-electron chi connectivity index (χ3n) is 2.98. The minimum atomic E-state index is -0.216. The Morgan fingerprint density at radius 1 is 1.43 bits per heavy atom. The fraction of sp³-hybridized carbons (Fsp3) is 0.600. The molecular formula is C10H13NO3. The summed E-state index contributed by atoms with van der Waals surface area (Å²) in [5, 5.41) is 0. The number of carbonyl (C=O) groups excluding carboxylic acids is 2. The Balaban J connectivity index is 1.87. The van der Waals surface area contributed by atoms with Crippen molar-refractivity contribution in [2.75, 3.05) is 6.54 Å². The van der Waals surface area contributed by atoms with E-state index in [4.69, 9.17) is 4.74 Å². The van der Waals surface area contributed by atoms with Gasteiger partial charge < -0.3 is 4.74 Å². The lowest BCUT2D eigenvalue weighted by atomic mass is 10.0. The number of hydrogen-bond acceptors (Lipinski definition) is 3. The van der Waals surface area contributed by atoms with Crippen LogP contribution in [0.5, 0.6) is 0 Å². The Labute approximate surface area is 82.5 Å². The number of ether oxygens (including phenoxy) is 1. The van der Waals surface area contributed by atoms with Crippen molar-refractivity contribution in [3.05, 3.63) is 12.2 Å². The van der Waals surface area contributed by atoms with Crippen LogP contribution in [0.2, 0.25) is 0 Å². The summed E-state index contributed by atoms with van der Waals surface area (Å²) < 4.78 is 5.36. The van der Waals surface area contributed by atoms with Gasteiger partial charge in [-0.3, -0.25) is 14.5 Å². The van der Waals surface area contributed by atoms with Crippen molar-refractivity contribution in [1.82, 2.24) is 4.90 Å². The number of hydrogen-bond donors (Lipinski definition) is 0. The fourth-order valence-corrected chi connectivity index (χ4v) is 1.62. The molecule has 76 valence electrons. The van der Waals surface area contributed by atoms with Gasteiger partial charge in [-0.05, 0) is 20.3 Å². The molecule has 0 N–H and O–H groups in total. The molecule has 0 aromatic carbocycles. The van der Waals surface area contributed by atoms with Gasteiger partial charge in [0, 0.05) is 18.7 Å². The number of rotatable bonds is 3. The van der Waals surface area contributed by atoms with E-state index in [1.807, 2.05) is 13.8 Å². The largest absolute Gasteiger partial charge is 0.367 e. The number of amides is 2. The highest BCUT2D eigenvalue weighted by atomic mass is 16.6. The molecule has 4 heteroatoms. The molecule has 0 aromatic heterocycles. The predicted molar refractivity (Wildman–Crippen MR) is 49.4 cm³/mol. The van der Waals surface area contributed by atoms with Gasteiger partial charge in [0.15, 0.2) is 0 Å². The second-order valence-electron chi connectivity index (χ2n) is 3.98. The normalized spacial score (nSPS) is 35.6. The zero-order valence-electron chi connectivity index (χ0n) is 8.32. The molecule has 2 unspecified atom stereocenters. The summed E-state index contributed by atoms with van der Waals surface area (Å²) >= 11 is 0. The number of nitrogens with zero attached hydrogens (tertiary/aromatic N) is 1. The van der Waals surface area contributed by atoms with Crippen LogP contribution in [0.1, 0.15) is 20.3 Å². The molecule has 0 bridgehead atoms. The first kappa shape index (κ1) is 9.40. The minimum Gasteiger partial charge on any atom is -0.367 e. The SMILES string of the molecule is CC1OC1(C)CCN1C(=O)C=CC1=O. The Kier molecular flexibility index (Phi) is 1.96. The molecule has 1 saturated heterocycles. The zero-order valence-corrected chi connectivity index (χ0v) is 8.32. The number of carbonyl (C=O) groups is 2. The second kappa shape index (κ2) is 2.92. The van der Waals surface area contributed by atoms with Crippen molar-refractivity contribution in [3.8, 4) is 0 Å². The molecule has 0 aliphatic carbocycles. The highest BCUT2D eigenvalue weighted by Crippen LogP contribution is 2.38. The van der Waals surface area contributed by atoms with E-state index < -0.39 is 0 Å². The standard InChI is InChI=1S/C10H13NO3/c1-7-10(2,14-7)5-6-11-8(12)3-4-9(11)13/h3-4,7H,5-6H2,1-2H3. The van der Waals surface area contributed by atoms with Crippen molar-refractivity contribution in [1.29, 1.82) is 0 Å². The van der Waals surface area contributed by atoms with Crippen LogP contribution in [-0.4, -0.2) is 35.0 Å². The minimum absolute atomic E-state index is 0.136. The molecule has 2 atom stereocenters. The third kappa shape index (κ3) is 1.46. The molecule has 2 aliphatic heterocycles. The van der Waals surface area contributed by atoms with Gasteiger partial charge in [0.05, 0.1) is 11.7 Å². The molecule has 2 amide bonds. The van der Waals surface area contributed by atoms with Gasteiger partial charge in [-0.1, -0.05) is 0 Å². The predicted octanol–water partition coefficient (Wildman–Crippen LogP) is 0.479. The van der Waals surface area contributed by atoms with Gasteiger partial charge in [0.25, 0.3) is 11.8 Å². The van der Waals surface area contributed by atoms with Gasteiger partial charge in [-0.15, -0.1) is 0 Å². The molecule has 2 rings (SSSR count). The van der Waals surface area contributed by atoms with Gasteiger partial charge in [-0.25, -0.2) is 0 Å². The Morgan fingerprint density at radius 2 is 1.93 bits per heavy atom. The molecule has 2 heterocycles. The zero-order chi connectivity index (χ0) is 10.3. The smallest absolute Gasteiger partial charge is 0.253 e. The Morgan fingerprint density at radius 3 is 2.36 bits per heavy atom. The number of epoxide rings is 1. The first-order valence-electron chi connectivity index (χ1n) is 4.74. The first-order valence-corrected chi connectivity index (χ1v) is 4.74. The van der Waals surface area contributed by atoms with Gasteiger partial charge in [0.2, 0.25) is 0 Å². The quantitative estimate of drug-likeness (QED) is 0.486. The summed E-state index contributed by atoms with van der Waals surface area (Å²) in [7, 11) is 0. The third-order valence-corrected chi connectivity index (χ3v) is 2.98. The molecule has 0 saturated carbocycles. The van der Waals surface area contributed by atoms with Crippen LogP contribution in [0.15, 0.2) is 12.2 Å². The molecular weight excluding hydrogens is 182 g/mol. The number of imide groups is 1. The van der Waals surface area contributed by atoms with Crippen molar-refractivity contribution >= 4 is 11.8 Å². The summed E-state index contributed by atoms with van der Waals surface area (Å²) in [6.07, 6.45) is 3.57. The summed E-state index contributed by atoms with van der Waals surface area (Å²) in [6, 6.07) is 0. The molecule has 2 aliphatic rings. The summed E-state index contributed by atoms with van der Waals surface area (Å²) in [5.41, 5.74) is -0.136. The average Bonchev–Trinajstić information content (AvgIpc) is 2.57. The van der Waals surface area contributed by atoms with E-state index in [1.165, 1.54) is 17.1 Å². The highest BCUT2D eigenvalue weighted by molar-refractivity contribution is 6.12. The van der Waals surface area contributed by atoms with Crippen molar-refractivity contribution in [3.63, 3.8) is 0 Å². The fourth-order valence-electron chi connectivity index (χ4n) is 1.62. The lowest BCUT2D eigenvalue weighted by Crippen LogP contribution is -2.33. The van der Waals surface area contributed by atoms with E-state index in [2.05, 4.69) is 0 Å². The van der Waals surface area contributed by atoms with Gasteiger partial charge >= 0.3 is 0 Å². The van der Waals surface area contributed by atoms with E-state index in [-0.39, 0.29) is 23.5 Å². The maximum atomic E-state index is 11.2. The highest BCUT2D eigenvalue weighted by Gasteiger charge is 2.48. The average molecular weight is 195 g/mol. The molecule has 1 fully saturated rings. The van der Waals surface area contributed by atoms with Gasteiger partial charge in [-0.2, -0.15) is 0 Å². The van der Waals surface area contributed by atoms with Crippen LogP contribution in [0.3, 0.4) is 0 Å². The topological polar surface area (TPSA) is 49.9 Å². The molecule has 14 heavy (non-hydrogen) atoms. The van der Waals surface area contributed by atoms with E-state index >= 15 is 0 Å². The van der Waals surface area contributed by atoms with Crippen molar-refractivity contribution < 1.29 is 14.3 Å². The monoisotopic (exact) mass is 195 g/mol. The first-order chi connectivity index (χ1) is 6.53. The Bertz CT molecular complexity index is 305.